The maximum atomic E-state index is 12.8. The summed E-state index contributed by atoms with van der Waals surface area (Å²) >= 11 is 0. The predicted molar refractivity (Wildman–Crippen MR) is 124 cm³/mol. The lowest BCUT2D eigenvalue weighted by atomic mass is 9.97. The molecule has 0 radical (unpaired) electrons. The van der Waals surface area contributed by atoms with Crippen LogP contribution in [-0.2, 0) is 17.5 Å². The lowest BCUT2D eigenvalue weighted by Crippen LogP contribution is -2.17. The topological polar surface area (TPSA) is 88.2 Å². The lowest BCUT2D eigenvalue weighted by molar-refractivity contribution is -0.138. The molecule has 0 saturated heterocycles. The molecule has 35 heavy (non-hydrogen) atoms. The second-order valence-corrected chi connectivity index (χ2v) is 8.05. The molecule has 0 amide bonds. The van der Waals surface area contributed by atoms with Gasteiger partial charge in [0, 0.05) is 24.2 Å². The fourth-order valence-corrected chi connectivity index (χ4v) is 3.62. The van der Waals surface area contributed by atoms with E-state index in [4.69, 9.17) is 9.63 Å². The van der Waals surface area contributed by atoms with Crippen LogP contribution in [0.4, 0.5) is 13.2 Å². The molecular weight excluding hydrogens is 459 g/mol. The summed E-state index contributed by atoms with van der Waals surface area (Å²) < 4.78 is 43.9. The van der Waals surface area contributed by atoms with Gasteiger partial charge in [-0.05, 0) is 53.4 Å². The number of nitrogens with zero attached hydrogens (tertiary/aromatic N) is 2. The monoisotopic (exact) mass is 481 g/mol. The van der Waals surface area contributed by atoms with Crippen molar-refractivity contribution in [2.24, 2.45) is 0 Å². The van der Waals surface area contributed by atoms with Gasteiger partial charge in [-0.3, -0.25) is 4.79 Å². The van der Waals surface area contributed by atoms with Crippen LogP contribution >= 0.6 is 0 Å². The minimum Gasteiger partial charge on any atom is -0.481 e. The van der Waals surface area contributed by atoms with Crippen molar-refractivity contribution in [1.29, 1.82) is 0 Å². The van der Waals surface area contributed by atoms with E-state index >= 15 is 0 Å². The van der Waals surface area contributed by atoms with Gasteiger partial charge in [0.05, 0.1) is 12.0 Å². The molecule has 4 aromatic rings. The molecule has 9 heteroatoms. The zero-order valence-electron chi connectivity index (χ0n) is 18.8. The van der Waals surface area contributed by atoms with E-state index < -0.39 is 17.7 Å². The predicted octanol–water partition coefficient (Wildman–Crippen LogP) is 5.96. The minimum absolute atomic E-state index is 0.0640. The number of hydrogen-bond donors (Lipinski definition) is 2. The number of aliphatic carboxylic acids is 1. The second kappa shape index (κ2) is 10.1. The fourth-order valence-electron chi connectivity index (χ4n) is 3.62. The Morgan fingerprint density at radius 1 is 0.971 bits per heavy atom. The van der Waals surface area contributed by atoms with Gasteiger partial charge in [-0.25, -0.2) is 0 Å². The van der Waals surface area contributed by atoms with Crippen LogP contribution in [0, 0.1) is 6.92 Å². The Balaban J connectivity index is 1.46. The van der Waals surface area contributed by atoms with Crippen LogP contribution < -0.4 is 5.32 Å². The Kier molecular flexibility index (Phi) is 6.97. The van der Waals surface area contributed by atoms with Crippen molar-refractivity contribution in [2.75, 3.05) is 6.54 Å². The van der Waals surface area contributed by atoms with E-state index in [9.17, 15) is 18.0 Å². The van der Waals surface area contributed by atoms with Crippen LogP contribution in [-0.4, -0.2) is 27.8 Å². The van der Waals surface area contributed by atoms with Crippen LogP contribution in [0.1, 0.15) is 23.1 Å². The van der Waals surface area contributed by atoms with E-state index in [1.165, 1.54) is 12.1 Å². The summed E-state index contributed by atoms with van der Waals surface area (Å²) in [5.74, 6) is -0.0819. The van der Waals surface area contributed by atoms with Crippen molar-refractivity contribution in [3.63, 3.8) is 0 Å². The van der Waals surface area contributed by atoms with E-state index in [2.05, 4.69) is 15.5 Å². The first-order valence-electron chi connectivity index (χ1n) is 10.8. The number of hydrogen-bond acceptors (Lipinski definition) is 5. The van der Waals surface area contributed by atoms with Crippen LogP contribution in [0.25, 0.3) is 34.0 Å². The van der Waals surface area contributed by atoms with Gasteiger partial charge < -0.3 is 14.9 Å². The first-order chi connectivity index (χ1) is 16.7. The van der Waals surface area contributed by atoms with Gasteiger partial charge in [0.15, 0.2) is 0 Å². The van der Waals surface area contributed by atoms with Crippen LogP contribution in [0.2, 0.25) is 0 Å². The molecule has 0 saturated carbocycles. The maximum Gasteiger partial charge on any atom is 0.416 e. The van der Waals surface area contributed by atoms with Crippen molar-refractivity contribution in [3.8, 4) is 34.0 Å². The number of aromatic nitrogens is 2. The van der Waals surface area contributed by atoms with Gasteiger partial charge in [-0.15, -0.1) is 0 Å². The summed E-state index contributed by atoms with van der Waals surface area (Å²) in [5, 5.41) is 15.8. The summed E-state index contributed by atoms with van der Waals surface area (Å²) in [6.07, 6.45) is -4.30. The Morgan fingerprint density at radius 3 is 2.26 bits per heavy atom. The maximum absolute atomic E-state index is 12.8. The quantitative estimate of drug-likeness (QED) is 0.302. The number of rotatable bonds is 8. The van der Waals surface area contributed by atoms with E-state index in [0.717, 1.165) is 34.4 Å². The van der Waals surface area contributed by atoms with Gasteiger partial charge in [0.2, 0.25) is 5.82 Å². The molecule has 180 valence electrons. The van der Waals surface area contributed by atoms with E-state index in [-0.39, 0.29) is 6.42 Å². The van der Waals surface area contributed by atoms with Gasteiger partial charge >= 0.3 is 12.1 Å². The van der Waals surface area contributed by atoms with Gasteiger partial charge in [0.1, 0.15) is 0 Å². The molecule has 6 nitrogen and oxygen atoms in total. The highest BCUT2D eigenvalue weighted by Crippen LogP contribution is 2.33. The number of halogens is 3. The molecule has 4 rings (SSSR count). The summed E-state index contributed by atoms with van der Waals surface area (Å²) in [5.41, 5.74) is 4.15. The zero-order valence-corrected chi connectivity index (χ0v) is 18.8. The molecule has 0 fully saturated rings. The van der Waals surface area contributed by atoms with Crippen LogP contribution in [0.5, 0.6) is 0 Å². The van der Waals surface area contributed by atoms with Gasteiger partial charge in [0.25, 0.3) is 5.89 Å². The zero-order chi connectivity index (χ0) is 25.0. The van der Waals surface area contributed by atoms with E-state index in [1.54, 1.807) is 6.07 Å². The molecule has 0 spiro atoms. The normalized spacial score (nSPS) is 11.5. The molecular formula is C26H22F3N3O3. The third-order valence-corrected chi connectivity index (χ3v) is 5.48. The Labute approximate surface area is 199 Å². The summed E-state index contributed by atoms with van der Waals surface area (Å²) in [6.45, 7) is 2.81. The van der Waals surface area contributed by atoms with Crippen LogP contribution in [0.15, 0.2) is 71.3 Å². The number of aryl methyl sites for hydroxylation is 1. The third kappa shape index (κ3) is 5.93. The first-order valence-corrected chi connectivity index (χ1v) is 10.8. The van der Waals surface area contributed by atoms with Crippen molar-refractivity contribution in [1.82, 2.24) is 15.5 Å². The van der Waals surface area contributed by atoms with Crippen molar-refractivity contribution in [3.05, 3.63) is 83.4 Å². The highest BCUT2D eigenvalue weighted by atomic mass is 19.4. The highest BCUT2D eigenvalue weighted by Gasteiger charge is 2.30. The molecule has 0 aliphatic carbocycles. The summed E-state index contributed by atoms with van der Waals surface area (Å²) in [7, 11) is 0. The fraction of sp³-hybridized carbons (Fsp3) is 0.192. The molecule has 1 heterocycles. The van der Waals surface area contributed by atoms with E-state index in [1.807, 2.05) is 43.3 Å². The summed E-state index contributed by atoms with van der Waals surface area (Å²) in [6, 6.07) is 18.1. The molecule has 0 aliphatic rings. The number of carbonyl (C=O) groups is 1. The third-order valence-electron chi connectivity index (χ3n) is 5.48. The molecule has 1 aromatic heterocycles. The minimum atomic E-state index is -4.37. The Morgan fingerprint density at radius 2 is 1.63 bits per heavy atom. The van der Waals surface area contributed by atoms with E-state index in [0.29, 0.717) is 35.9 Å². The average molecular weight is 481 g/mol. The second-order valence-electron chi connectivity index (χ2n) is 8.05. The van der Waals surface area contributed by atoms with Crippen LogP contribution in [0.3, 0.4) is 0 Å². The lowest BCUT2D eigenvalue weighted by Gasteiger charge is -2.10. The van der Waals surface area contributed by atoms with Crippen molar-refractivity contribution in [2.45, 2.75) is 26.1 Å². The number of benzene rings is 3. The Hall–Kier alpha value is -3.98. The molecule has 0 bridgehead atoms. The summed E-state index contributed by atoms with van der Waals surface area (Å²) in [4.78, 5) is 15.0. The number of nitrogens with one attached hydrogen (secondary N) is 1. The molecule has 0 atom stereocenters. The smallest absolute Gasteiger partial charge is 0.416 e. The number of carboxylic acid groups (broad SMARTS) is 1. The molecule has 0 unspecified atom stereocenters. The highest BCUT2D eigenvalue weighted by molar-refractivity contribution is 5.72. The van der Waals surface area contributed by atoms with Crippen molar-refractivity contribution < 1.29 is 27.6 Å². The first kappa shape index (κ1) is 24.2. The molecule has 3 aromatic carbocycles. The Bertz CT molecular complexity index is 1310. The standard InChI is InChI=1S/C26H22F3N3O3/c1-16-14-20(8-11-22(16)18-6-9-21(10-7-18)26(27,28)29)25-31-24(32-35-25)19-4-2-17(3-5-19)15-30-13-12-23(33)34/h2-11,14,30H,12-13,15H2,1H3,(H,33,34). The number of carboxylic acids is 1. The van der Waals surface area contributed by atoms with Gasteiger partial charge in [-0.2, -0.15) is 18.2 Å². The SMILES string of the molecule is Cc1cc(-c2nc(-c3ccc(CNCCC(=O)O)cc3)no2)ccc1-c1ccc(C(F)(F)F)cc1. The largest absolute Gasteiger partial charge is 0.481 e. The van der Waals surface area contributed by atoms with Crippen molar-refractivity contribution >= 4 is 5.97 Å². The average Bonchev–Trinajstić information content (AvgIpc) is 3.32. The molecule has 0 aliphatic heterocycles. The van der Waals surface area contributed by atoms with Gasteiger partial charge in [-0.1, -0.05) is 47.6 Å². The number of alkyl halides is 3. The molecule has 2 N–H and O–H groups in total.